The van der Waals surface area contributed by atoms with E-state index < -0.39 is 0 Å². The Morgan fingerprint density at radius 2 is 2.11 bits per heavy atom. The van der Waals surface area contributed by atoms with Crippen molar-refractivity contribution >= 4 is 5.91 Å². The lowest BCUT2D eigenvalue weighted by Crippen LogP contribution is -2.32. The van der Waals surface area contributed by atoms with Crippen LogP contribution >= 0.6 is 0 Å². The van der Waals surface area contributed by atoms with Crippen molar-refractivity contribution in [2.75, 3.05) is 0 Å². The molecule has 1 aromatic carbocycles. The summed E-state index contributed by atoms with van der Waals surface area (Å²) in [5.41, 5.74) is 1.53. The zero-order chi connectivity index (χ0) is 12.4. The molecule has 1 aromatic heterocycles. The van der Waals surface area contributed by atoms with E-state index in [1.807, 2.05) is 35.2 Å². The van der Waals surface area contributed by atoms with Crippen molar-refractivity contribution in [1.29, 1.82) is 0 Å². The second kappa shape index (κ2) is 4.60. The fraction of sp³-hybridized carbons (Fsp3) is 0.308. The molecule has 5 nitrogen and oxygen atoms in total. The summed E-state index contributed by atoms with van der Waals surface area (Å²) in [4.78, 5) is 14.2. The van der Waals surface area contributed by atoms with E-state index in [4.69, 9.17) is 0 Å². The molecule has 1 saturated carbocycles. The highest BCUT2D eigenvalue weighted by atomic mass is 16.2. The SMILES string of the molecule is O=C(c1cn[nH]n1)N(Cc1ccccc1)C1CC1. The van der Waals surface area contributed by atoms with Crippen molar-refractivity contribution in [3.8, 4) is 0 Å². The zero-order valence-corrected chi connectivity index (χ0v) is 9.91. The average Bonchev–Trinajstić information content (AvgIpc) is 3.10. The molecule has 1 fully saturated rings. The molecule has 0 spiro atoms. The summed E-state index contributed by atoms with van der Waals surface area (Å²) in [5, 5.41) is 10.0. The van der Waals surface area contributed by atoms with Crippen LogP contribution in [0, 0.1) is 0 Å². The molecule has 0 unspecified atom stereocenters. The number of carbonyl (C=O) groups excluding carboxylic acids is 1. The summed E-state index contributed by atoms with van der Waals surface area (Å²) in [7, 11) is 0. The number of nitrogens with one attached hydrogen (secondary N) is 1. The molecule has 2 aromatic rings. The molecule has 0 saturated heterocycles. The monoisotopic (exact) mass is 242 g/mol. The van der Waals surface area contributed by atoms with Gasteiger partial charge in [-0.1, -0.05) is 30.3 Å². The van der Waals surface area contributed by atoms with Gasteiger partial charge < -0.3 is 4.90 Å². The minimum Gasteiger partial charge on any atom is -0.330 e. The van der Waals surface area contributed by atoms with Gasteiger partial charge in [0.2, 0.25) is 0 Å². The van der Waals surface area contributed by atoms with Crippen LogP contribution < -0.4 is 0 Å². The third-order valence-corrected chi connectivity index (χ3v) is 3.08. The Bertz CT molecular complexity index is 519. The number of H-pyrrole nitrogens is 1. The van der Waals surface area contributed by atoms with Crippen molar-refractivity contribution in [3.05, 3.63) is 47.8 Å². The number of rotatable bonds is 4. The molecular formula is C13H14N4O. The first-order valence-electron chi connectivity index (χ1n) is 6.05. The quantitative estimate of drug-likeness (QED) is 0.886. The van der Waals surface area contributed by atoms with E-state index in [0.29, 0.717) is 18.3 Å². The van der Waals surface area contributed by atoms with Crippen LogP contribution in [0.2, 0.25) is 0 Å². The Hall–Kier alpha value is -2.17. The fourth-order valence-corrected chi connectivity index (χ4v) is 1.98. The second-order valence-corrected chi connectivity index (χ2v) is 4.51. The normalized spacial score (nSPS) is 14.4. The lowest BCUT2D eigenvalue weighted by atomic mass is 10.2. The van der Waals surface area contributed by atoms with Gasteiger partial charge in [0.25, 0.3) is 5.91 Å². The van der Waals surface area contributed by atoms with E-state index >= 15 is 0 Å². The van der Waals surface area contributed by atoms with Gasteiger partial charge in [-0.05, 0) is 18.4 Å². The van der Waals surface area contributed by atoms with Gasteiger partial charge in [-0.3, -0.25) is 4.79 Å². The van der Waals surface area contributed by atoms with Gasteiger partial charge in [0, 0.05) is 12.6 Å². The Morgan fingerprint density at radius 1 is 1.33 bits per heavy atom. The van der Waals surface area contributed by atoms with Crippen LogP contribution in [0.5, 0.6) is 0 Å². The average molecular weight is 242 g/mol. The Kier molecular flexibility index (Phi) is 2.80. The molecule has 5 heteroatoms. The molecule has 1 aliphatic carbocycles. The van der Waals surface area contributed by atoms with Crippen LogP contribution in [0.15, 0.2) is 36.5 Å². The Morgan fingerprint density at radius 3 is 2.72 bits per heavy atom. The number of amides is 1. The molecule has 0 bridgehead atoms. The number of aromatic nitrogens is 3. The molecule has 1 aliphatic rings. The van der Waals surface area contributed by atoms with E-state index in [1.165, 1.54) is 6.20 Å². The van der Waals surface area contributed by atoms with E-state index in [-0.39, 0.29) is 5.91 Å². The standard InChI is InChI=1S/C13H14N4O/c18-13(12-8-14-16-15-12)17(11-6-7-11)9-10-4-2-1-3-5-10/h1-5,8,11H,6-7,9H2,(H,14,15,16). The van der Waals surface area contributed by atoms with Crippen molar-refractivity contribution in [2.24, 2.45) is 0 Å². The predicted octanol–water partition coefficient (Wildman–Crippen LogP) is 1.61. The molecule has 1 amide bonds. The fourth-order valence-electron chi connectivity index (χ4n) is 1.98. The molecule has 3 rings (SSSR count). The maximum absolute atomic E-state index is 12.3. The minimum absolute atomic E-state index is 0.0462. The molecular weight excluding hydrogens is 228 g/mol. The topological polar surface area (TPSA) is 61.9 Å². The summed E-state index contributed by atoms with van der Waals surface area (Å²) < 4.78 is 0. The second-order valence-electron chi connectivity index (χ2n) is 4.51. The number of carbonyl (C=O) groups is 1. The van der Waals surface area contributed by atoms with Gasteiger partial charge in [-0.2, -0.15) is 15.4 Å². The largest absolute Gasteiger partial charge is 0.330 e. The third-order valence-electron chi connectivity index (χ3n) is 3.08. The summed E-state index contributed by atoms with van der Waals surface area (Å²) in [6, 6.07) is 10.4. The van der Waals surface area contributed by atoms with Gasteiger partial charge in [0.15, 0.2) is 5.69 Å². The maximum Gasteiger partial charge on any atom is 0.276 e. The molecule has 18 heavy (non-hydrogen) atoms. The van der Waals surface area contributed by atoms with Crippen LogP contribution in [-0.2, 0) is 6.54 Å². The summed E-state index contributed by atoms with van der Waals surface area (Å²) in [6.07, 6.45) is 3.63. The van der Waals surface area contributed by atoms with Crippen LogP contribution in [0.4, 0.5) is 0 Å². The molecule has 0 atom stereocenters. The molecule has 1 heterocycles. The lowest BCUT2D eigenvalue weighted by Gasteiger charge is -2.21. The van der Waals surface area contributed by atoms with Crippen LogP contribution in [-0.4, -0.2) is 32.3 Å². The van der Waals surface area contributed by atoms with E-state index in [1.54, 1.807) is 0 Å². The van der Waals surface area contributed by atoms with Crippen LogP contribution in [0.3, 0.4) is 0 Å². The van der Waals surface area contributed by atoms with Gasteiger partial charge >= 0.3 is 0 Å². The summed E-state index contributed by atoms with van der Waals surface area (Å²) in [5.74, 6) is -0.0462. The molecule has 92 valence electrons. The lowest BCUT2D eigenvalue weighted by molar-refractivity contribution is 0.0724. The van der Waals surface area contributed by atoms with Gasteiger partial charge in [-0.25, -0.2) is 0 Å². The zero-order valence-electron chi connectivity index (χ0n) is 9.91. The van der Waals surface area contributed by atoms with E-state index in [9.17, 15) is 4.79 Å². The first-order chi connectivity index (χ1) is 8.84. The van der Waals surface area contributed by atoms with Gasteiger partial charge in [-0.15, -0.1) is 0 Å². The highest BCUT2D eigenvalue weighted by Crippen LogP contribution is 2.29. The molecule has 0 aliphatic heterocycles. The first kappa shape index (κ1) is 11.0. The number of benzene rings is 1. The minimum atomic E-state index is -0.0462. The van der Waals surface area contributed by atoms with Crippen molar-refractivity contribution in [1.82, 2.24) is 20.3 Å². The van der Waals surface area contributed by atoms with Crippen LogP contribution in [0.25, 0.3) is 0 Å². The third kappa shape index (κ3) is 2.25. The van der Waals surface area contributed by atoms with Gasteiger partial charge in [0.1, 0.15) is 0 Å². The smallest absolute Gasteiger partial charge is 0.276 e. The highest BCUT2D eigenvalue weighted by Gasteiger charge is 2.33. The highest BCUT2D eigenvalue weighted by molar-refractivity contribution is 5.92. The number of hydrogen-bond acceptors (Lipinski definition) is 3. The number of nitrogens with zero attached hydrogens (tertiary/aromatic N) is 3. The summed E-state index contributed by atoms with van der Waals surface area (Å²) >= 11 is 0. The van der Waals surface area contributed by atoms with Crippen molar-refractivity contribution < 1.29 is 4.79 Å². The van der Waals surface area contributed by atoms with Crippen LogP contribution in [0.1, 0.15) is 28.9 Å². The molecule has 1 N–H and O–H groups in total. The van der Waals surface area contributed by atoms with E-state index in [2.05, 4.69) is 15.4 Å². The predicted molar refractivity (Wildman–Crippen MR) is 65.7 cm³/mol. The Labute approximate surface area is 105 Å². The summed E-state index contributed by atoms with van der Waals surface area (Å²) in [6.45, 7) is 0.636. The van der Waals surface area contributed by atoms with Crippen molar-refractivity contribution in [3.63, 3.8) is 0 Å². The number of hydrogen-bond donors (Lipinski definition) is 1. The Balaban J connectivity index is 1.79. The number of aromatic amines is 1. The van der Waals surface area contributed by atoms with E-state index in [0.717, 1.165) is 18.4 Å². The first-order valence-corrected chi connectivity index (χ1v) is 6.05. The van der Waals surface area contributed by atoms with Gasteiger partial charge in [0.05, 0.1) is 6.20 Å². The molecule has 0 radical (unpaired) electrons. The van der Waals surface area contributed by atoms with Crippen molar-refractivity contribution in [2.45, 2.75) is 25.4 Å². The maximum atomic E-state index is 12.3.